The Kier molecular flexibility index (Phi) is 11.2. The molecule has 2 aliphatic heterocycles. The highest BCUT2D eigenvalue weighted by atomic mass is 19.4. The minimum atomic E-state index is -4.50. The van der Waals surface area contributed by atoms with Crippen LogP contribution in [0.5, 0.6) is 0 Å². The van der Waals surface area contributed by atoms with Gasteiger partial charge in [-0.2, -0.15) is 13.2 Å². The maximum atomic E-state index is 14.1. The molecule has 2 aliphatic rings. The van der Waals surface area contributed by atoms with Crippen LogP contribution in [0.25, 0.3) is 0 Å². The molecular formula is C31H45F4N5O5. The molecule has 0 aromatic heterocycles. The van der Waals surface area contributed by atoms with Gasteiger partial charge in [0.25, 0.3) is 0 Å². The van der Waals surface area contributed by atoms with Crippen molar-refractivity contribution in [2.24, 2.45) is 5.41 Å². The van der Waals surface area contributed by atoms with Crippen LogP contribution in [0.1, 0.15) is 66.4 Å². The molecular weight excluding hydrogens is 598 g/mol. The first kappa shape index (κ1) is 36.1. The van der Waals surface area contributed by atoms with E-state index in [1.165, 1.54) is 48.0 Å². The summed E-state index contributed by atoms with van der Waals surface area (Å²) in [6.45, 7) is 8.32. The van der Waals surface area contributed by atoms with Crippen LogP contribution in [0.4, 0.5) is 22.4 Å². The molecule has 4 atom stereocenters. The Morgan fingerprint density at radius 2 is 1.67 bits per heavy atom. The van der Waals surface area contributed by atoms with E-state index >= 15 is 0 Å². The average Bonchev–Trinajstić information content (AvgIpc) is 3.35. The second-order valence-corrected chi connectivity index (χ2v) is 13.6. The Morgan fingerprint density at radius 1 is 1.04 bits per heavy atom. The predicted octanol–water partition coefficient (Wildman–Crippen LogP) is 3.84. The molecule has 0 saturated carbocycles. The Bertz CT molecular complexity index is 1230. The summed E-state index contributed by atoms with van der Waals surface area (Å²) in [5.41, 5.74) is -2.25. The van der Waals surface area contributed by atoms with E-state index in [9.17, 15) is 36.7 Å². The number of amides is 4. The average molecular weight is 644 g/mol. The molecule has 2 heterocycles. The highest BCUT2D eigenvalue weighted by Gasteiger charge is 2.50. The molecule has 0 bridgehead atoms. The summed E-state index contributed by atoms with van der Waals surface area (Å²) in [5, 5.41) is 5.44. The van der Waals surface area contributed by atoms with E-state index < -0.39 is 77.5 Å². The van der Waals surface area contributed by atoms with Crippen LogP contribution < -0.4 is 10.6 Å². The first-order valence-electron chi connectivity index (χ1n) is 15.1. The summed E-state index contributed by atoms with van der Waals surface area (Å²) < 4.78 is 60.1. The lowest BCUT2D eigenvalue weighted by atomic mass is 9.91. The Labute approximate surface area is 261 Å². The maximum absolute atomic E-state index is 14.1. The van der Waals surface area contributed by atoms with Crippen molar-refractivity contribution in [2.75, 3.05) is 26.7 Å². The van der Waals surface area contributed by atoms with Crippen LogP contribution in [0.15, 0.2) is 24.3 Å². The van der Waals surface area contributed by atoms with E-state index in [0.29, 0.717) is 24.8 Å². The third-order valence-corrected chi connectivity index (χ3v) is 8.30. The van der Waals surface area contributed by atoms with E-state index in [4.69, 9.17) is 4.74 Å². The van der Waals surface area contributed by atoms with Gasteiger partial charge in [-0.1, -0.05) is 12.1 Å². The van der Waals surface area contributed by atoms with Gasteiger partial charge in [0, 0.05) is 39.3 Å². The SMILES string of the molecule is C[C@@H](C(=O)N[C@H]1CN(CC(C)(C)C(F)(F)F)CC[C@H]2CC[C@@H](C(=O)NCc3ccc(F)cc3)N2C1=O)N(C)C(=O)OC(C)(C)C. The normalized spacial score (nSPS) is 22.2. The molecule has 4 amide bonds. The number of alkyl halides is 3. The predicted molar refractivity (Wildman–Crippen MR) is 158 cm³/mol. The number of hydrogen-bond donors (Lipinski definition) is 2. The van der Waals surface area contributed by atoms with Crippen LogP contribution in [0.3, 0.4) is 0 Å². The number of nitrogens with one attached hydrogen (secondary N) is 2. The zero-order valence-electron chi connectivity index (χ0n) is 27.0. The van der Waals surface area contributed by atoms with Crippen LogP contribution in [0.2, 0.25) is 0 Å². The number of ether oxygens (including phenoxy) is 1. The highest BCUT2D eigenvalue weighted by Crippen LogP contribution is 2.39. The molecule has 0 unspecified atom stereocenters. The second kappa shape index (κ2) is 13.9. The number of carbonyl (C=O) groups excluding carboxylic acids is 4. The van der Waals surface area contributed by atoms with Gasteiger partial charge in [-0.05, 0) is 78.5 Å². The molecule has 2 N–H and O–H groups in total. The van der Waals surface area contributed by atoms with E-state index in [-0.39, 0.29) is 19.6 Å². The summed E-state index contributed by atoms with van der Waals surface area (Å²) in [5.74, 6) is -2.13. The number of halogens is 4. The minimum absolute atomic E-state index is 0.108. The number of hydrogen-bond acceptors (Lipinski definition) is 6. The lowest BCUT2D eigenvalue weighted by Crippen LogP contribution is -2.62. The third-order valence-electron chi connectivity index (χ3n) is 8.30. The monoisotopic (exact) mass is 643 g/mol. The van der Waals surface area contributed by atoms with Crippen molar-refractivity contribution in [3.63, 3.8) is 0 Å². The summed E-state index contributed by atoms with van der Waals surface area (Å²) in [6, 6.07) is 1.95. The first-order valence-corrected chi connectivity index (χ1v) is 15.1. The van der Waals surface area contributed by atoms with Crippen molar-refractivity contribution in [3.05, 3.63) is 35.6 Å². The van der Waals surface area contributed by atoms with Crippen LogP contribution in [-0.2, 0) is 25.7 Å². The Morgan fingerprint density at radius 3 is 2.24 bits per heavy atom. The molecule has 0 aliphatic carbocycles. The van der Waals surface area contributed by atoms with Gasteiger partial charge in [-0.3, -0.25) is 24.2 Å². The molecule has 14 heteroatoms. The fourth-order valence-corrected chi connectivity index (χ4v) is 5.47. The van der Waals surface area contributed by atoms with Crippen molar-refractivity contribution in [3.8, 4) is 0 Å². The summed E-state index contributed by atoms with van der Waals surface area (Å²) in [4.78, 5) is 57.4. The molecule has 45 heavy (non-hydrogen) atoms. The van der Waals surface area contributed by atoms with Gasteiger partial charge in [0.2, 0.25) is 17.7 Å². The summed E-state index contributed by atoms with van der Waals surface area (Å²) in [7, 11) is 1.37. The zero-order chi connectivity index (χ0) is 33.9. The van der Waals surface area contributed by atoms with Gasteiger partial charge >= 0.3 is 12.3 Å². The number of benzene rings is 1. The molecule has 1 aromatic carbocycles. The number of likely N-dealkylation sites (N-methyl/N-ethyl adjacent to an activating group) is 1. The van der Waals surface area contributed by atoms with E-state index in [1.807, 2.05) is 0 Å². The molecule has 10 nitrogen and oxygen atoms in total. The van der Waals surface area contributed by atoms with Crippen molar-refractivity contribution >= 4 is 23.8 Å². The molecule has 252 valence electrons. The molecule has 3 rings (SSSR count). The maximum Gasteiger partial charge on any atom is 0.410 e. The van der Waals surface area contributed by atoms with Gasteiger partial charge in [0.05, 0.1) is 5.41 Å². The first-order chi connectivity index (χ1) is 20.7. The fraction of sp³-hybridized carbons (Fsp3) is 0.677. The van der Waals surface area contributed by atoms with Crippen molar-refractivity contribution in [1.29, 1.82) is 0 Å². The van der Waals surface area contributed by atoms with Gasteiger partial charge < -0.3 is 20.3 Å². The minimum Gasteiger partial charge on any atom is -0.444 e. The molecule has 0 radical (unpaired) electrons. The molecule has 0 spiro atoms. The number of carbonyl (C=O) groups is 4. The lowest BCUT2D eigenvalue weighted by molar-refractivity contribution is -0.217. The largest absolute Gasteiger partial charge is 0.444 e. The van der Waals surface area contributed by atoms with Crippen molar-refractivity contribution in [1.82, 2.24) is 25.3 Å². The molecule has 2 saturated heterocycles. The van der Waals surface area contributed by atoms with Crippen LogP contribution in [-0.4, -0.2) is 101 Å². The van der Waals surface area contributed by atoms with E-state index in [1.54, 1.807) is 20.8 Å². The number of rotatable bonds is 8. The van der Waals surface area contributed by atoms with Crippen LogP contribution >= 0.6 is 0 Å². The Hall–Kier alpha value is -3.42. The molecule has 1 aromatic rings. The number of nitrogens with zero attached hydrogens (tertiary/aromatic N) is 3. The Balaban J connectivity index is 1.84. The standard InChI is InChI=1S/C31H45F4N5O5/c1-19(38(7)28(44)45-29(2,3)4)25(41)37-23-17-39(18-30(5,6)31(33,34)35)15-14-22-12-13-24(40(22)27(23)43)26(42)36-16-20-8-10-21(32)11-9-20/h8-11,19,22-24H,12-18H2,1-7H3,(H,36,42)(H,37,41)/t19-,22+,23-,24-/m0/s1. The molecule has 2 fully saturated rings. The van der Waals surface area contributed by atoms with Gasteiger partial charge in [-0.15, -0.1) is 0 Å². The van der Waals surface area contributed by atoms with Crippen LogP contribution in [0, 0.1) is 11.2 Å². The topological polar surface area (TPSA) is 111 Å². The smallest absolute Gasteiger partial charge is 0.410 e. The number of fused-ring (bicyclic) bond motifs is 1. The highest BCUT2D eigenvalue weighted by molar-refractivity contribution is 5.94. The fourth-order valence-electron chi connectivity index (χ4n) is 5.47. The zero-order valence-corrected chi connectivity index (χ0v) is 27.0. The quantitative estimate of drug-likeness (QED) is 0.417. The van der Waals surface area contributed by atoms with Gasteiger partial charge in [0.1, 0.15) is 29.5 Å². The van der Waals surface area contributed by atoms with Gasteiger partial charge in [0.15, 0.2) is 0 Å². The summed E-state index contributed by atoms with van der Waals surface area (Å²) in [6.07, 6.45) is -4.14. The van der Waals surface area contributed by atoms with E-state index in [2.05, 4.69) is 10.6 Å². The van der Waals surface area contributed by atoms with Gasteiger partial charge in [-0.25, -0.2) is 9.18 Å². The second-order valence-electron chi connectivity index (χ2n) is 13.6. The van der Waals surface area contributed by atoms with Crippen molar-refractivity contribution < 1.29 is 41.5 Å². The summed E-state index contributed by atoms with van der Waals surface area (Å²) >= 11 is 0. The lowest BCUT2D eigenvalue weighted by Gasteiger charge is -2.41. The van der Waals surface area contributed by atoms with E-state index in [0.717, 1.165) is 18.7 Å². The third kappa shape index (κ3) is 9.30. The van der Waals surface area contributed by atoms with Crippen molar-refractivity contribution in [2.45, 2.75) is 103 Å².